The third kappa shape index (κ3) is 4.36. The number of hydrogen-bond donors (Lipinski definition) is 2. The van der Waals surface area contributed by atoms with Crippen molar-refractivity contribution in [3.63, 3.8) is 0 Å². The summed E-state index contributed by atoms with van der Waals surface area (Å²) in [5.74, 6) is -0.113. The van der Waals surface area contributed by atoms with Crippen LogP contribution in [0.4, 0.5) is 0 Å². The smallest absolute Gasteiger partial charge is 0.240 e. The van der Waals surface area contributed by atoms with Gasteiger partial charge in [0.15, 0.2) is 0 Å². The first-order valence-corrected chi connectivity index (χ1v) is 11.2. The fraction of sp³-hybridized carbons (Fsp3) is 0.318. The normalized spacial score (nSPS) is 14.3. The molecule has 1 saturated carbocycles. The lowest BCUT2D eigenvalue weighted by molar-refractivity contribution is -0.120. The van der Waals surface area contributed by atoms with Crippen molar-refractivity contribution < 1.29 is 17.6 Å². The van der Waals surface area contributed by atoms with E-state index < -0.39 is 10.0 Å². The Morgan fingerprint density at radius 3 is 2.52 bits per heavy atom. The predicted octanol–water partition coefficient (Wildman–Crippen LogP) is 3.35. The Morgan fingerprint density at radius 1 is 1.10 bits per heavy atom. The number of carbonyl (C=O) groups excluding carboxylic acids is 1. The Balaban J connectivity index is 1.37. The predicted molar refractivity (Wildman–Crippen MR) is 111 cm³/mol. The first kappa shape index (κ1) is 19.7. The van der Waals surface area contributed by atoms with Crippen molar-refractivity contribution in [3.05, 3.63) is 64.9 Å². The van der Waals surface area contributed by atoms with Gasteiger partial charge in [-0.15, -0.1) is 0 Å². The molecule has 1 fully saturated rings. The summed E-state index contributed by atoms with van der Waals surface area (Å²) in [7, 11) is -3.45. The van der Waals surface area contributed by atoms with Crippen molar-refractivity contribution in [2.75, 3.05) is 0 Å². The van der Waals surface area contributed by atoms with E-state index in [4.69, 9.17) is 4.42 Å². The molecule has 1 amide bonds. The minimum Gasteiger partial charge on any atom is -0.464 e. The number of aryl methyl sites for hydroxylation is 2. The zero-order valence-corrected chi connectivity index (χ0v) is 17.3. The van der Waals surface area contributed by atoms with Gasteiger partial charge in [0.2, 0.25) is 15.9 Å². The number of nitrogens with one attached hydrogen (secondary N) is 2. The maximum Gasteiger partial charge on any atom is 0.240 e. The minimum absolute atomic E-state index is 0.0747. The van der Waals surface area contributed by atoms with Gasteiger partial charge in [-0.3, -0.25) is 4.79 Å². The van der Waals surface area contributed by atoms with Gasteiger partial charge in [-0.1, -0.05) is 24.3 Å². The molecule has 0 radical (unpaired) electrons. The Labute approximate surface area is 170 Å². The number of benzene rings is 2. The molecule has 1 aliphatic rings. The van der Waals surface area contributed by atoms with Gasteiger partial charge < -0.3 is 9.73 Å². The second-order valence-corrected chi connectivity index (χ2v) is 9.35. The molecule has 152 valence electrons. The second kappa shape index (κ2) is 7.65. The van der Waals surface area contributed by atoms with Gasteiger partial charge in [0.25, 0.3) is 0 Å². The lowest BCUT2D eigenvalue weighted by Crippen LogP contribution is -2.26. The van der Waals surface area contributed by atoms with Crippen LogP contribution in [0.1, 0.15) is 35.1 Å². The summed E-state index contributed by atoms with van der Waals surface area (Å²) >= 11 is 0. The topological polar surface area (TPSA) is 88.4 Å². The van der Waals surface area contributed by atoms with Crippen LogP contribution < -0.4 is 10.0 Å². The molecule has 0 spiro atoms. The van der Waals surface area contributed by atoms with Crippen LogP contribution in [0.3, 0.4) is 0 Å². The largest absolute Gasteiger partial charge is 0.464 e. The average molecular weight is 413 g/mol. The quantitative estimate of drug-likeness (QED) is 0.623. The summed E-state index contributed by atoms with van der Waals surface area (Å²) in [5, 5.41) is 3.84. The highest BCUT2D eigenvalue weighted by atomic mass is 32.2. The van der Waals surface area contributed by atoms with Crippen LogP contribution in [-0.4, -0.2) is 20.4 Å². The number of fused-ring (bicyclic) bond motifs is 1. The van der Waals surface area contributed by atoms with Gasteiger partial charge in [-0.2, -0.15) is 0 Å². The molecule has 1 aromatic heterocycles. The number of carbonyl (C=O) groups is 1. The van der Waals surface area contributed by atoms with E-state index in [2.05, 4.69) is 10.0 Å². The molecule has 29 heavy (non-hydrogen) atoms. The fourth-order valence-electron chi connectivity index (χ4n) is 3.24. The fourth-order valence-corrected chi connectivity index (χ4v) is 4.54. The Morgan fingerprint density at radius 2 is 1.83 bits per heavy atom. The van der Waals surface area contributed by atoms with E-state index in [0.29, 0.717) is 6.54 Å². The van der Waals surface area contributed by atoms with Crippen LogP contribution in [0.5, 0.6) is 0 Å². The van der Waals surface area contributed by atoms with Crippen molar-refractivity contribution >= 4 is 26.9 Å². The van der Waals surface area contributed by atoms with Crippen molar-refractivity contribution in [2.45, 2.75) is 50.6 Å². The summed E-state index contributed by atoms with van der Waals surface area (Å²) in [6.07, 6.45) is 3.67. The number of amides is 1. The summed E-state index contributed by atoms with van der Waals surface area (Å²) in [6, 6.07) is 10.7. The lowest BCUT2D eigenvalue weighted by atomic mass is 10.0. The monoisotopic (exact) mass is 412 g/mol. The highest BCUT2D eigenvalue weighted by molar-refractivity contribution is 7.89. The molecule has 4 rings (SSSR count). The van der Waals surface area contributed by atoms with Gasteiger partial charge in [0, 0.05) is 23.5 Å². The van der Waals surface area contributed by atoms with E-state index in [1.807, 2.05) is 26.0 Å². The molecule has 0 atom stereocenters. The van der Waals surface area contributed by atoms with Crippen LogP contribution in [-0.2, 0) is 27.8 Å². The maximum absolute atomic E-state index is 12.4. The molecule has 3 aromatic rings. The van der Waals surface area contributed by atoms with Crippen LogP contribution in [0, 0.1) is 13.8 Å². The third-order valence-electron chi connectivity index (χ3n) is 5.32. The molecule has 6 nitrogen and oxygen atoms in total. The summed E-state index contributed by atoms with van der Waals surface area (Å²) in [4.78, 5) is 12.6. The lowest BCUT2D eigenvalue weighted by Gasteiger charge is -2.08. The van der Waals surface area contributed by atoms with Gasteiger partial charge in [0.05, 0.1) is 17.6 Å². The minimum atomic E-state index is -3.45. The summed E-state index contributed by atoms with van der Waals surface area (Å²) in [5.41, 5.74) is 4.76. The number of rotatable bonds is 7. The zero-order valence-electron chi connectivity index (χ0n) is 16.5. The van der Waals surface area contributed by atoms with E-state index >= 15 is 0 Å². The van der Waals surface area contributed by atoms with E-state index in [1.165, 1.54) is 0 Å². The van der Waals surface area contributed by atoms with Gasteiger partial charge in [-0.05, 0) is 55.5 Å². The van der Waals surface area contributed by atoms with Gasteiger partial charge >= 0.3 is 0 Å². The molecular weight excluding hydrogens is 388 g/mol. The Bertz CT molecular complexity index is 1160. The standard InChI is InChI=1S/C22H24N2O4S/c1-14-3-10-20-17(13-28-22(20)15(14)2)11-21(25)23-12-16-4-8-19(9-5-16)29(26,27)24-18-6-7-18/h3-5,8-10,13,18,24H,6-7,11-12H2,1-2H3,(H,23,25). The van der Waals surface area contributed by atoms with Crippen molar-refractivity contribution in [3.8, 4) is 0 Å². The van der Waals surface area contributed by atoms with E-state index in [-0.39, 0.29) is 23.3 Å². The van der Waals surface area contributed by atoms with Crippen LogP contribution in [0.25, 0.3) is 11.0 Å². The summed E-state index contributed by atoms with van der Waals surface area (Å²) in [6.45, 7) is 4.38. The van der Waals surface area contributed by atoms with Crippen LogP contribution in [0.15, 0.2) is 52.0 Å². The molecule has 0 bridgehead atoms. The molecule has 1 aliphatic carbocycles. The maximum atomic E-state index is 12.4. The summed E-state index contributed by atoms with van der Waals surface area (Å²) < 4.78 is 32.7. The SMILES string of the molecule is Cc1ccc2c(CC(=O)NCc3ccc(S(=O)(=O)NC4CC4)cc3)coc2c1C. The Hall–Kier alpha value is -2.64. The molecule has 0 saturated heterocycles. The van der Waals surface area contributed by atoms with Gasteiger partial charge in [-0.25, -0.2) is 13.1 Å². The molecule has 2 N–H and O–H groups in total. The van der Waals surface area contributed by atoms with Gasteiger partial charge in [0.1, 0.15) is 5.58 Å². The average Bonchev–Trinajstić information content (AvgIpc) is 3.41. The zero-order chi connectivity index (χ0) is 20.6. The van der Waals surface area contributed by atoms with E-state index in [1.54, 1.807) is 30.5 Å². The van der Waals surface area contributed by atoms with Crippen LogP contribution >= 0.6 is 0 Å². The van der Waals surface area contributed by atoms with Crippen LogP contribution in [0.2, 0.25) is 0 Å². The molecule has 2 aromatic carbocycles. The van der Waals surface area contributed by atoms with E-state index in [9.17, 15) is 13.2 Å². The first-order valence-electron chi connectivity index (χ1n) is 9.68. The highest BCUT2D eigenvalue weighted by Crippen LogP contribution is 2.27. The van der Waals surface area contributed by atoms with Crippen molar-refractivity contribution in [1.29, 1.82) is 0 Å². The number of sulfonamides is 1. The highest BCUT2D eigenvalue weighted by Gasteiger charge is 2.27. The molecular formula is C22H24N2O4S. The molecule has 7 heteroatoms. The molecule has 0 aliphatic heterocycles. The molecule has 1 heterocycles. The van der Waals surface area contributed by atoms with E-state index in [0.717, 1.165) is 46.1 Å². The van der Waals surface area contributed by atoms with Crippen molar-refractivity contribution in [1.82, 2.24) is 10.0 Å². The van der Waals surface area contributed by atoms with Crippen molar-refractivity contribution in [2.24, 2.45) is 0 Å². The second-order valence-electron chi connectivity index (χ2n) is 7.64. The first-order chi connectivity index (χ1) is 13.8. The number of hydrogen-bond acceptors (Lipinski definition) is 4. The Kier molecular flexibility index (Phi) is 5.19. The third-order valence-corrected chi connectivity index (χ3v) is 6.85. The molecule has 0 unspecified atom stereocenters. The number of furan rings is 1.